The maximum atomic E-state index is 12.5. The number of aromatic nitrogens is 1. The van der Waals surface area contributed by atoms with Crippen LogP contribution in [0.5, 0.6) is 11.5 Å². The average molecular weight is 271 g/mol. The first-order chi connectivity index (χ1) is 9.61. The Balaban J connectivity index is 2.33. The van der Waals surface area contributed by atoms with Gasteiger partial charge in [0.25, 0.3) is 0 Å². The van der Waals surface area contributed by atoms with E-state index in [1.165, 1.54) is 13.3 Å². The Bertz CT molecular complexity index is 608. The van der Waals surface area contributed by atoms with Crippen molar-refractivity contribution in [3.63, 3.8) is 0 Å². The summed E-state index contributed by atoms with van der Waals surface area (Å²) in [7, 11) is 1.52. The van der Waals surface area contributed by atoms with Crippen molar-refractivity contribution in [2.24, 2.45) is 0 Å². The van der Waals surface area contributed by atoms with Crippen molar-refractivity contribution >= 4 is 5.78 Å². The lowest BCUT2D eigenvalue weighted by Gasteiger charge is -2.11. The van der Waals surface area contributed by atoms with Crippen LogP contribution in [0.4, 0.5) is 0 Å². The number of hydrogen-bond acceptors (Lipinski definition) is 4. The van der Waals surface area contributed by atoms with Crippen LogP contribution >= 0.6 is 0 Å². The van der Waals surface area contributed by atoms with Crippen molar-refractivity contribution in [1.82, 2.24) is 4.98 Å². The van der Waals surface area contributed by atoms with Crippen molar-refractivity contribution in [2.45, 2.75) is 20.0 Å². The second kappa shape index (κ2) is 6.19. The summed E-state index contributed by atoms with van der Waals surface area (Å²) in [6.45, 7) is 3.89. The molecule has 0 unspecified atom stereocenters. The highest BCUT2D eigenvalue weighted by atomic mass is 16.5. The van der Waals surface area contributed by atoms with Gasteiger partial charge in [0.1, 0.15) is 11.5 Å². The fourth-order valence-corrected chi connectivity index (χ4v) is 1.87. The summed E-state index contributed by atoms with van der Waals surface area (Å²) in [6, 6.07) is 8.79. The van der Waals surface area contributed by atoms with Crippen LogP contribution in [0.3, 0.4) is 0 Å². The zero-order chi connectivity index (χ0) is 14.5. The Kier molecular flexibility index (Phi) is 4.35. The molecule has 0 saturated carbocycles. The first-order valence-electron chi connectivity index (χ1n) is 6.41. The van der Waals surface area contributed by atoms with Gasteiger partial charge in [-0.1, -0.05) is 12.1 Å². The van der Waals surface area contributed by atoms with E-state index in [1.54, 1.807) is 30.5 Å². The normalized spacial score (nSPS) is 10.4. The van der Waals surface area contributed by atoms with Gasteiger partial charge in [-0.05, 0) is 32.0 Å². The molecule has 1 aromatic carbocycles. The van der Waals surface area contributed by atoms with E-state index < -0.39 is 0 Å². The molecule has 0 fully saturated rings. The van der Waals surface area contributed by atoms with Gasteiger partial charge in [-0.3, -0.25) is 9.78 Å². The van der Waals surface area contributed by atoms with Gasteiger partial charge in [-0.25, -0.2) is 0 Å². The fraction of sp³-hybridized carbons (Fsp3) is 0.250. The van der Waals surface area contributed by atoms with Crippen LogP contribution in [-0.4, -0.2) is 24.0 Å². The summed E-state index contributed by atoms with van der Waals surface area (Å²) in [5.41, 5.74) is 1.05. The maximum Gasteiger partial charge on any atom is 0.197 e. The molecular weight excluding hydrogens is 254 g/mol. The third-order valence-corrected chi connectivity index (χ3v) is 2.72. The molecule has 20 heavy (non-hydrogen) atoms. The van der Waals surface area contributed by atoms with Gasteiger partial charge >= 0.3 is 0 Å². The molecule has 0 atom stereocenters. The van der Waals surface area contributed by atoms with Crippen molar-refractivity contribution in [1.29, 1.82) is 0 Å². The van der Waals surface area contributed by atoms with Crippen LogP contribution in [0.15, 0.2) is 42.7 Å². The summed E-state index contributed by atoms with van der Waals surface area (Å²) >= 11 is 0. The molecule has 0 aliphatic heterocycles. The fourth-order valence-electron chi connectivity index (χ4n) is 1.87. The maximum absolute atomic E-state index is 12.5. The molecule has 0 N–H and O–H groups in total. The van der Waals surface area contributed by atoms with E-state index in [9.17, 15) is 4.79 Å². The van der Waals surface area contributed by atoms with E-state index in [4.69, 9.17) is 9.47 Å². The first kappa shape index (κ1) is 14.1. The number of ketones is 1. The van der Waals surface area contributed by atoms with Crippen molar-refractivity contribution in [2.75, 3.05) is 7.11 Å². The smallest absolute Gasteiger partial charge is 0.197 e. The predicted octanol–water partition coefficient (Wildman–Crippen LogP) is 3.11. The first-order valence-corrected chi connectivity index (χ1v) is 6.41. The minimum absolute atomic E-state index is 0.0656. The summed E-state index contributed by atoms with van der Waals surface area (Å²) < 4.78 is 10.8. The molecule has 0 aliphatic carbocycles. The molecule has 0 spiro atoms. The number of pyridine rings is 1. The molecule has 1 heterocycles. The van der Waals surface area contributed by atoms with E-state index in [2.05, 4.69) is 4.98 Å². The minimum Gasteiger partial charge on any atom is -0.494 e. The highest BCUT2D eigenvalue weighted by molar-refractivity contribution is 6.10. The Morgan fingerprint density at radius 3 is 2.75 bits per heavy atom. The molecule has 0 bridgehead atoms. The Hall–Kier alpha value is -2.36. The standard InChI is InChI=1S/C16H17NO3/c1-11(2)20-13-6-4-5-12(9-13)16(18)14-7-8-17-10-15(14)19-3/h4-11H,1-3H3. The van der Waals surface area contributed by atoms with E-state index in [1.807, 2.05) is 19.9 Å². The van der Waals surface area contributed by atoms with Crippen LogP contribution in [-0.2, 0) is 0 Å². The molecule has 1 aromatic heterocycles. The zero-order valence-electron chi connectivity index (χ0n) is 11.8. The molecule has 0 saturated heterocycles. The lowest BCUT2D eigenvalue weighted by atomic mass is 10.0. The Labute approximate surface area is 118 Å². The molecule has 2 rings (SSSR count). The van der Waals surface area contributed by atoms with Gasteiger partial charge in [0.2, 0.25) is 0 Å². The van der Waals surface area contributed by atoms with Gasteiger partial charge in [-0.2, -0.15) is 0 Å². The van der Waals surface area contributed by atoms with Gasteiger partial charge in [0, 0.05) is 11.8 Å². The Morgan fingerprint density at radius 2 is 2.05 bits per heavy atom. The number of methoxy groups -OCH3 is 1. The second-order valence-electron chi connectivity index (χ2n) is 4.60. The summed E-state index contributed by atoms with van der Waals surface area (Å²) in [5, 5.41) is 0. The van der Waals surface area contributed by atoms with E-state index in [-0.39, 0.29) is 11.9 Å². The van der Waals surface area contributed by atoms with Crippen LogP contribution < -0.4 is 9.47 Å². The van der Waals surface area contributed by atoms with E-state index in [0.29, 0.717) is 22.6 Å². The van der Waals surface area contributed by atoms with Crippen LogP contribution in [0.2, 0.25) is 0 Å². The number of nitrogens with zero attached hydrogens (tertiary/aromatic N) is 1. The molecule has 4 nitrogen and oxygen atoms in total. The topological polar surface area (TPSA) is 48.4 Å². The zero-order valence-corrected chi connectivity index (χ0v) is 11.8. The van der Waals surface area contributed by atoms with Gasteiger partial charge < -0.3 is 9.47 Å². The van der Waals surface area contributed by atoms with Crippen molar-refractivity contribution < 1.29 is 14.3 Å². The van der Waals surface area contributed by atoms with Crippen LogP contribution in [0.25, 0.3) is 0 Å². The molecule has 0 aliphatic rings. The third kappa shape index (κ3) is 3.15. The lowest BCUT2D eigenvalue weighted by Crippen LogP contribution is -2.08. The summed E-state index contributed by atoms with van der Waals surface area (Å²) in [4.78, 5) is 16.4. The molecule has 2 aromatic rings. The predicted molar refractivity (Wildman–Crippen MR) is 76.4 cm³/mol. The van der Waals surface area contributed by atoms with Crippen molar-refractivity contribution in [3.05, 3.63) is 53.9 Å². The summed E-state index contributed by atoms with van der Waals surface area (Å²) in [6.07, 6.45) is 3.17. The SMILES string of the molecule is COc1cnccc1C(=O)c1cccc(OC(C)C)c1. The lowest BCUT2D eigenvalue weighted by molar-refractivity contribution is 0.103. The monoisotopic (exact) mass is 271 g/mol. The minimum atomic E-state index is -0.113. The number of benzene rings is 1. The van der Waals surface area contributed by atoms with Crippen LogP contribution in [0.1, 0.15) is 29.8 Å². The molecule has 0 radical (unpaired) electrons. The molecule has 104 valence electrons. The second-order valence-corrected chi connectivity index (χ2v) is 4.60. The highest BCUT2D eigenvalue weighted by Gasteiger charge is 2.15. The average Bonchev–Trinajstić information content (AvgIpc) is 2.46. The largest absolute Gasteiger partial charge is 0.494 e. The number of ether oxygens (including phenoxy) is 2. The highest BCUT2D eigenvalue weighted by Crippen LogP contribution is 2.22. The molecular formula is C16H17NO3. The summed E-state index contributed by atoms with van der Waals surface area (Å²) in [5.74, 6) is 1.03. The van der Waals surface area contributed by atoms with Gasteiger partial charge in [0.05, 0.1) is 25.0 Å². The Morgan fingerprint density at radius 1 is 1.25 bits per heavy atom. The number of carbonyl (C=O) groups is 1. The van der Waals surface area contributed by atoms with Crippen molar-refractivity contribution in [3.8, 4) is 11.5 Å². The number of rotatable bonds is 5. The molecule has 4 heteroatoms. The van der Waals surface area contributed by atoms with Crippen LogP contribution in [0, 0.1) is 0 Å². The van der Waals surface area contributed by atoms with Gasteiger partial charge in [0.15, 0.2) is 5.78 Å². The number of carbonyl (C=O) groups excluding carboxylic acids is 1. The molecule has 0 amide bonds. The quantitative estimate of drug-likeness (QED) is 0.784. The number of hydrogen-bond donors (Lipinski definition) is 0. The van der Waals surface area contributed by atoms with E-state index in [0.717, 1.165) is 0 Å². The third-order valence-electron chi connectivity index (χ3n) is 2.72. The van der Waals surface area contributed by atoms with E-state index >= 15 is 0 Å². The van der Waals surface area contributed by atoms with Gasteiger partial charge in [-0.15, -0.1) is 0 Å².